The smallest absolute Gasteiger partial charge is 0.338 e. The van der Waals surface area contributed by atoms with Crippen LogP contribution in [-0.2, 0) is 9.53 Å². The molecule has 32 heavy (non-hydrogen) atoms. The van der Waals surface area contributed by atoms with Crippen LogP contribution in [-0.4, -0.2) is 30.2 Å². The topological polar surface area (TPSA) is 77.0 Å². The molecule has 1 atom stereocenters. The lowest BCUT2D eigenvalue weighted by molar-refractivity contribution is -0.139. The third-order valence-corrected chi connectivity index (χ3v) is 7.20. The van der Waals surface area contributed by atoms with Gasteiger partial charge in [0.15, 0.2) is 10.7 Å². The van der Waals surface area contributed by atoms with Gasteiger partial charge in [0.1, 0.15) is 11.8 Å². The highest BCUT2D eigenvalue weighted by atomic mass is 32.1. The van der Waals surface area contributed by atoms with Gasteiger partial charge in [0.2, 0.25) is 0 Å². The number of thiophene rings is 1. The minimum atomic E-state index is -0.560. The molecule has 1 aliphatic heterocycles. The normalized spacial score (nSPS) is 16.1. The Kier molecular flexibility index (Phi) is 6.48. The van der Waals surface area contributed by atoms with Gasteiger partial charge in [-0.25, -0.2) is 9.79 Å². The van der Waals surface area contributed by atoms with Crippen molar-refractivity contribution in [1.29, 1.82) is 0 Å². The molecule has 0 saturated carbocycles. The largest absolute Gasteiger partial charge is 0.463 e. The van der Waals surface area contributed by atoms with Crippen LogP contribution in [0.4, 0.5) is 5.88 Å². The number of aromatic nitrogens is 1. The molecule has 168 valence electrons. The first kappa shape index (κ1) is 22.3. The number of nitrogens with zero attached hydrogens (tertiary/aromatic N) is 3. The number of furan rings is 1. The fraction of sp³-hybridized carbons (Fsp3) is 0.348. The van der Waals surface area contributed by atoms with Gasteiger partial charge in [-0.3, -0.25) is 9.36 Å². The van der Waals surface area contributed by atoms with E-state index in [9.17, 15) is 9.59 Å². The minimum Gasteiger partial charge on any atom is -0.463 e. The number of esters is 1. The van der Waals surface area contributed by atoms with Crippen molar-refractivity contribution in [3.05, 3.63) is 71.2 Å². The molecule has 0 saturated heterocycles. The summed E-state index contributed by atoms with van der Waals surface area (Å²) in [6.45, 7) is 9.61. The molecule has 4 rings (SSSR count). The van der Waals surface area contributed by atoms with Gasteiger partial charge in [-0.1, -0.05) is 17.4 Å². The van der Waals surface area contributed by atoms with E-state index in [2.05, 4.69) is 23.7 Å². The zero-order valence-corrected chi connectivity index (χ0v) is 20.1. The molecule has 0 spiro atoms. The van der Waals surface area contributed by atoms with Crippen LogP contribution in [0.15, 0.2) is 55.1 Å². The van der Waals surface area contributed by atoms with Gasteiger partial charge in [0.05, 0.1) is 22.4 Å². The predicted octanol–water partition coefficient (Wildman–Crippen LogP) is 3.30. The highest BCUT2D eigenvalue weighted by Gasteiger charge is 2.33. The van der Waals surface area contributed by atoms with Crippen molar-refractivity contribution in [2.75, 3.05) is 24.6 Å². The first-order valence-corrected chi connectivity index (χ1v) is 12.3. The number of ether oxygens (including phenoxy) is 1. The number of thiazole rings is 1. The molecule has 0 amide bonds. The van der Waals surface area contributed by atoms with Crippen LogP contribution in [0.1, 0.15) is 44.4 Å². The number of fused-ring (bicyclic) bond motifs is 1. The predicted molar refractivity (Wildman–Crippen MR) is 127 cm³/mol. The van der Waals surface area contributed by atoms with E-state index in [0.717, 1.165) is 23.9 Å². The molecule has 9 heteroatoms. The van der Waals surface area contributed by atoms with Crippen LogP contribution >= 0.6 is 22.7 Å². The van der Waals surface area contributed by atoms with Crippen molar-refractivity contribution in [1.82, 2.24) is 4.57 Å². The molecule has 1 aliphatic rings. The lowest BCUT2D eigenvalue weighted by Crippen LogP contribution is -2.39. The Morgan fingerprint density at radius 3 is 2.72 bits per heavy atom. The maximum Gasteiger partial charge on any atom is 0.338 e. The van der Waals surface area contributed by atoms with E-state index in [0.29, 0.717) is 26.4 Å². The summed E-state index contributed by atoms with van der Waals surface area (Å²) in [5.74, 6) is 0.924. The van der Waals surface area contributed by atoms with Crippen molar-refractivity contribution in [2.24, 2.45) is 4.99 Å². The third kappa shape index (κ3) is 3.98. The molecule has 0 N–H and O–H groups in total. The van der Waals surface area contributed by atoms with Crippen molar-refractivity contribution >= 4 is 40.6 Å². The van der Waals surface area contributed by atoms with Gasteiger partial charge in [0.25, 0.3) is 5.56 Å². The third-order valence-electron chi connectivity index (χ3n) is 5.29. The standard InChI is InChI=1S/C23H25N3O4S2/c1-5-25(6-2)18-11-10-15(30-18)13-17-21(27)26-20(16-9-8-12-31-16)19(22(28)29-7-3)14(4)24-23(26)32-17/h8-13,20H,5-7H2,1-4H3/b17-13-/t20-/m0/s1. The lowest BCUT2D eigenvalue weighted by atomic mass is 10.0. The summed E-state index contributed by atoms with van der Waals surface area (Å²) in [6, 6.07) is 7.04. The second-order valence-electron chi connectivity index (χ2n) is 7.17. The van der Waals surface area contributed by atoms with Crippen LogP contribution in [0, 0.1) is 0 Å². The molecule has 4 heterocycles. The van der Waals surface area contributed by atoms with E-state index in [1.165, 1.54) is 22.7 Å². The molecular formula is C23H25N3O4S2. The molecule has 0 radical (unpaired) electrons. The van der Waals surface area contributed by atoms with Crippen LogP contribution < -0.4 is 19.8 Å². The van der Waals surface area contributed by atoms with E-state index < -0.39 is 12.0 Å². The molecule has 0 fully saturated rings. The summed E-state index contributed by atoms with van der Waals surface area (Å²) < 4.78 is 13.3. The van der Waals surface area contributed by atoms with Crippen molar-refractivity contribution < 1.29 is 13.9 Å². The second kappa shape index (κ2) is 9.30. The van der Waals surface area contributed by atoms with Crippen molar-refractivity contribution in [2.45, 2.75) is 33.7 Å². The highest BCUT2D eigenvalue weighted by molar-refractivity contribution is 7.10. The van der Waals surface area contributed by atoms with Gasteiger partial charge >= 0.3 is 5.97 Å². The molecule has 0 aliphatic carbocycles. The summed E-state index contributed by atoms with van der Waals surface area (Å²) in [5, 5.41) is 1.93. The first-order valence-electron chi connectivity index (χ1n) is 10.6. The number of hydrogen-bond donors (Lipinski definition) is 0. The number of carbonyl (C=O) groups is 1. The van der Waals surface area contributed by atoms with Gasteiger partial charge in [-0.05, 0) is 45.2 Å². The molecular weight excluding hydrogens is 446 g/mol. The summed E-state index contributed by atoms with van der Waals surface area (Å²) in [4.78, 5) is 34.4. The Morgan fingerprint density at radius 1 is 1.28 bits per heavy atom. The minimum absolute atomic E-state index is 0.206. The first-order chi connectivity index (χ1) is 15.5. The molecule has 0 unspecified atom stereocenters. The summed E-state index contributed by atoms with van der Waals surface area (Å²) in [5.41, 5.74) is 0.758. The zero-order valence-electron chi connectivity index (χ0n) is 18.5. The Labute approximate surface area is 193 Å². The number of anilines is 1. The van der Waals surface area contributed by atoms with E-state index in [4.69, 9.17) is 9.15 Å². The van der Waals surface area contributed by atoms with Crippen LogP contribution in [0.5, 0.6) is 0 Å². The Bertz CT molecular complexity index is 1320. The second-order valence-corrected chi connectivity index (χ2v) is 9.15. The van der Waals surface area contributed by atoms with E-state index >= 15 is 0 Å². The summed E-state index contributed by atoms with van der Waals surface area (Å²) in [6.07, 6.45) is 1.74. The van der Waals surface area contributed by atoms with E-state index in [-0.39, 0.29) is 12.2 Å². The Balaban J connectivity index is 1.85. The molecule has 3 aromatic heterocycles. The lowest BCUT2D eigenvalue weighted by Gasteiger charge is -2.23. The van der Waals surface area contributed by atoms with Gasteiger partial charge in [-0.2, -0.15) is 0 Å². The SMILES string of the molecule is CCOC(=O)C1=C(C)N=c2s/c(=C\c3ccc(N(CC)CC)o3)c(=O)n2[C@H]1c1cccs1. The molecule has 0 aromatic carbocycles. The Hall–Kier alpha value is -2.91. The van der Waals surface area contributed by atoms with Crippen molar-refractivity contribution in [3.8, 4) is 0 Å². The van der Waals surface area contributed by atoms with Crippen LogP contribution in [0.2, 0.25) is 0 Å². The van der Waals surface area contributed by atoms with Gasteiger partial charge < -0.3 is 14.1 Å². The monoisotopic (exact) mass is 471 g/mol. The average molecular weight is 472 g/mol. The highest BCUT2D eigenvalue weighted by Crippen LogP contribution is 2.33. The quantitative estimate of drug-likeness (QED) is 0.494. The van der Waals surface area contributed by atoms with Crippen LogP contribution in [0.3, 0.4) is 0 Å². The maximum absolute atomic E-state index is 13.5. The average Bonchev–Trinajstić information content (AvgIpc) is 3.51. The number of allylic oxidation sites excluding steroid dienone is 1. The van der Waals surface area contributed by atoms with Crippen molar-refractivity contribution in [3.63, 3.8) is 0 Å². The fourth-order valence-corrected chi connectivity index (χ4v) is 5.61. The van der Waals surface area contributed by atoms with E-state index in [1.54, 1.807) is 24.5 Å². The summed E-state index contributed by atoms with van der Waals surface area (Å²) >= 11 is 2.79. The summed E-state index contributed by atoms with van der Waals surface area (Å²) in [7, 11) is 0. The van der Waals surface area contributed by atoms with Gasteiger partial charge in [-0.15, -0.1) is 11.3 Å². The molecule has 3 aromatic rings. The number of hydrogen-bond acceptors (Lipinski definition) is 8. The number of rotatable bonds is 7. The zero-order chi connectivity index (χ0) is 22.8. The van der Waals surface area contributed by atoms with Crippen LogP contribution in [0.25, 0.3) is 6.08 Å². The Morgan fingerprint density at radius 2 is 2.06 bits per heavy atom. The maximum atomic E-state index is 13.5. The fourth-order valence-electron chi connectivity index (χ4n) is 3.76. The van der Waals surface area contributed by atoms with E-state index in [1.807, 2.05) is 29.6 Å². The number of carbonyl (C=O) groups excluding carboxylic acids is 1. The molecule has 7 nitrogen and oxygen atoms in total. The molecule has 0 bridgehead atoms. The van der Waals surface area contributed by atoms with Gasteiger partial charge in [0, 0.05) is 30.1 Å².